The molecule has 7 atom stereocenters. The number of aliphatic hydroxyl groups excluding tert-OH is 5. The molecular formula is C46H89NO8. The fourth-order valence-electron chi connectivity index (χ4n) is 7.57. The van der Waals surface area contributed by atoms with Crippen molar-refractivity contribution in [1.82, 2.24) is 5.32 Å². The summed E-state index contributed by atoms with van der Waals surface area (Å²) in [4.78, 5) is 13.0. The number of hydrogen-bond donors (Lipinski definition) is 6. The van der Waals surface area contributed by atoms with Crippen molar-refractivity contribution in [3.63, 3.8) is 0 Å². The van der Waals surface area contributed by atoms with Gasteiger partial charge in [0.05, 0.1) is 25.4 Å². The Hall–Kier alpha value is -1.07. The molecule has 1 amide bonds. The van der Waals surface area contributed by atoms with Gasteiger partial charge < -0.3 is 40.3 Å². The SMILES string of the molecule is CCCCCCCCCCCCC/C=C/CCCC[C@@H](O)[C@H](CO[C@@H]1O[C@H](CO)[C@@H](O)C(O)C1O)NC(=O)CCCCCCCCCCCCCCCCC. The average molecular weight is 784 g/mol. The first-order chi connectivity index (χ1) is 26.8. The summed E-state index contributed by atoms with van der Waals surface area (Å²) in [6.07, 6.45) is 35.0. The molecule has 1 fully saturated rings. The Kier molecular flexibility index (Phi) is 35.2. The van der Waals surface area contributed by atoms with Gasteiger partial charge in [0.25, 0.3) is 0 Å². The van der Waals surface area contributed by atoms with Gasteiger partial charge in [-0.2, -0.15) is 0 Å². The molecule has 55 heavy (non-hydrogen) atoms. The molecule has 1 saturated heterocycles. The van der Waals surface area contributed by atoms with Gasteiger partial charge >= 0.3 is 0 Å². The standard InChI is InChI=1S/C46H89NO8/c1-3-5-7-9-11-13-15-17-19-20-22-23-25-27-29-31-33-35-40(49)39(38-54-46-45(53)44(52)43(51)41(37-48)55-46)47-42(50)36-34-32-30-28-26-24-21-18-16-14-12-10-8-6-4-2/h25,27,39-41,43-46,48-49,51-53H,3-24,26,28-38H2,1-2H3,(H,47,50)/b27-25+/t39-,40+,41+,43+,44?,45?,46+/m0/s1. The Balaban J connectivity index is 2.34. The highest BCUT2D eigenvalue weighted by Crippen LogP contribution is 2.23. The lowest BCUT2D eigenvalue weighted by Gasteiger charge is -2.40. The lowest BCUT2D eigenvalue weighted by Crippen LogP contribution is -2.60. The molecule has 9 nitrogen and oxygen atoms in total. The molecular weight excluding hydrogens is 695 g/mol. The smallest absolute Gasteiger partial charge is 0.220 e. The molecule has 1 aliphatic rings. The minimum atomic E-state index is -1.55. The molecule has 0 spiro atoms. The zero-order valence-electron chi connectivity index (χ0n) is 35.7. The van der Waals surface area contributed by atoms with Crippen LogP contribution in [0.25, 0.3) is 0 Å². The summed E-state index contributed by atoms with van der Waals surface area (Å²) in [5.74, 6) is -0.151. The average Bonchev–Trinajstić information content (AvgIpc) is 3.18. The van der Waals surface area contributed by atoms with Gasteiger partial charge in [0.1, 0.15) is 24.4 Å². The molecule has 0 aliphatic carbocycles. The maximum Gasteiger partial charge on any atom is 0.220 e. The van der Waals surface area contributed by atoms with Crippen molar-refractivity contribution in [2.45, 2.75) is 262 Å². The second kappa shape index (κ2) is 37.2. The number of rotatable bonds is 39. The highest BCUT2D eigenvalue weighted by molar-refractivity contribution is 5.76. The number of unbranched alkanes of at least 4 members (excludes halogenated alkanes) is 27. The molecule has 9 heteroatoms. The second-order valence-electron chi connectivity index (χ2n) is 16.6. The van der Waals surface area contributed by atoms with Gasteiger partial charge in [-0.05, 0) is 38.5 Å². The lowest BCUT2D eigenvalue weighted by atomic mass is 9.99. The van der Waals surface area contributed by atoms with Gasteiger partial charge in [0.15, 0.2) is 6.29 Å². The summed E-state index contributed by atoms with van der Waals surface area (Å²) >= 11 is 0. The monoisotopic (exact) mass is 784 g/mol. The number of aliphatic hydroxyl groups is 5. The normalized spacial score (nSPS) is 21.3. The van der Waals surface area contributed by atoms with E-state index in [1.165, 1.54) is 148 Å². The molecule has 6 N–H and O–H groups in total. The Labute approximate surface area is 337 Å². The van der Waals surface area contributed by atoms with Crippen LogP contribution in [0.4, 0.5) is 0 Å². The molecule has 0 saturated carbocycles. The molecule has 2 unspecified atom stereocenters. The van der Waals surface area contributed by atoms with Crippen LogP contribution in [-0.4, -0.2) is 87.5 Å². The Morgan fingerprint density at radius 1 is 0.600 bits per heavy atom. The summed E-state index contributed by atoms with van der Waals surface area (Å²) in [5, 5.41) is 54.3. The van der Waals surface area contributed by atoms with E-state index < -0.39 is 49.5 Å². The van der Waals surface area contributed by atoms with E-state index in [0.29, 0.717) is 12.8 Å². The van der Waals surface area contributed by atoms with Crippen molar-refractivity contribution in [3.8, 4) is 0 Å². The van der Waals surface area contributed by atoms with Crippen LogP contribution in [0, 0.1) is 0 Å². The topological polar surface area (TPSA) is 149 Å². The van der Waals surface area contributed by atoms with Crippen molar-refractivity contribution >= 4 is 5.91 Å². The summed E-state index contributed by atoms with van der Waals surface area (Å²) in [5.41, 5.74) is 0. The number of allylic oxidation sites excluding steroid dienone is 2. The van der Waals surface area contributed by atoms with E-state index in [1.807, 2.05) is 0 Å². The van der Waals surface area contributed by atoms with Crippen LogP contribution in [0.5, 0.6) is 0 Å². The van der Waals surface area contributed by atoms with Gasteiger partial charge in [-0.1, -0.05) is 187 Å². The number of nitrogens with one attached hydrogen (secondary N) is 1. The molecule has 0 aromatic heterocycles. The Morgan fingerprint density at radius 3 is 1.47 bits per heavy atom. The van der Waals surface area contributed by atoms with E-state index in [2.05, 4.69) is 31.3 Å². The van der Waals surface area contributed by atoms with Gasteiger partial charge in [-0.3, -0.25) is 4.79 Å². The number of amides is 1. The third-order valence-corrected chi connectivity index (χ3v) is 11.4. The van der Waals surface area contributed by atoms with Crippen LogP contribution in [0.1, 0.15) is 219 Å². The predicted octanol–water partition coefficient (Wildman–Crippen LogP) is 9.73. The number of hydrogen-bond acceptors (Lipinski definition) is 8. The van der Waals surface area contributed by atoms with Crippen LogP contribution >= 0.6 is 0 Å². The molecule has 0 radical (unpaired) electrons. The van der Waals surface area contributed by atoms with E-state index in [-0.39, 0.29) is 12.5 Å². The number of carbonyl (C=O) groups excluding carboxylic acids is 1. The largest absolute Gasteiger partial charge is 0.394 e. The third-order valence-electron chi connectivity index (χ3n) is 11.4. The van der Waals surface area contributed by atoms with Crippen molar-refractivity contribution in [3.05, 3.63) is 12.2 Å². The van der Waals surface area contributed by atoms with Gasteiger partial charge in [-0.15, -0.1) is 0 Å². The zero-order valence-corrected chi connectivity index (χ0v) is 35.7. The molecule has 0 aromatic carbocycles. The quantitative estimate of drug-likeness (QED) is 0.0267. The van der Waals surface area contributed by atoms with Crippen molar-refractivity contribution < 1.29 is 39.8 Å². The molecule has 1 rings (SSSR count). The first kappa shape index (κ1) is 51.9. The van der Waals surface area contributed by atoms with Gasteiger partial charge in [-0.25, -0.2) is 0 Å². The van der Waals surface area contributed by atoms with Crippen molar-refractivity contribution in [1.29, 1.82) is 0 Å². The maximum atomic E-state index is 13.0. The van der Waals surface area contributed by atoms with Gasteiger partial charge in [0, 0.05) is 6.42 Å². The van der Waals surface area contributed by atoms with Crippen LogP contribution in [-0.2, 0) is 14.3 Å². The molecule has 0 bridgehead atoms. The maximum absolute atomic E-state index is 13.0. The predicted molar refractivity (Wildman–Crippen MR) is 226 cm³/mol. The summed E-state index contributed by atoms with van der Waals surface area (Å²) < 4.78 is 11.2. The van der Waals surface area contributed by atoms with E-state index in [1.54, 1.807) is 0 Å². The van der Waals surface area contributed by atoms with Gasteiger partial charge in [0.2, 0.25) is 5.91 Å². The van der Waals surface area contributed by atoms with Crippen LogP contribution < -0.4 is 5.32 Å². The number of ether oxygens (including phenoxy) is 2. The van der Waals surface area contributed by atoms with Crippen LogP contribution in [0.3, 0.4) is 0 Å². The van der Waals surface area contributed by atoms with Crippen molar-refractivity contribution in [2.75, 3.05) is 13.2 Å². The highest BCUT2D eigenvalue weighted by atomic mass is 16.7. The first-order valence-corrected chi connectivity index (χ1v) is 23.4. The zero-order chi connectivity index (χ0) is 40.2. The molecule has 1 aliphatic heterocycles. The molecule has 1 heterocycles. The highest BCUT2D eigenvalue weighted by Gasteiger charge is 2.44. The first-order valence-electron chi connectivity index (χ1n) is 23.4. The summed E-state index contributed by atoms with van der Waals surface area (Å²) in [6, 6.07) is -0.729. The Bertz CT molecular complexity index is 873. The minimum Gasteiger partial charge on any atom is -0.394 e. The molecule has 0 aromatic rings. The number of carbonyl (C=O) groups is 1. The molecule has 326 valence electrons. The third kappa shape index (κ3) is 28.1. The van der Waals surface area contributed by atoms with Crippen molar-refractivity contribution in [2.24, 2.45) is 0 Å². The van der Waals surface area contributed by atoms with Crippen LogP contribution in [0.2, 0.25) is 0 Å². The second-order valence-corrected chi connectivity index (χ2v) is 16.6. The summed E-state index contributed by atoms with van der Waals surface area (Å²) in [6.45, 7) is 3.83. The van der Waals surface area contributed by atoms with E-state index in [4.69, 9.17) is 9.47 Å². The lowest BCUT2D eigenvalue weighted by molar-refractivity contribution is -0.302. The minimum absolute atomic E-state index is 0.146. The fraction of sp³-hybridized carbons (Fsp3) is 0.935. The van der Waals surface area contributed by atoms with E-state index in [0.717, 1.165) is 44.9 Å². The Morgan fingerprint density at radius 2 is 1.02 bits per heavy atom. The van der Waals surface area contributed by atoms with E-state index >= 15 is 0 Å². The summed E-state index contributed by atoms with van der Waals surface area (Å²) in [7, 11) is 0. The fourth-order valence-corrected chi connectivity index (χ4v) is 7.57. The van der Waals surface area contributed by atoms with E-state index in [9.17, 15) is 30.3 Å². The van der Waals surface area contributed by atoms with Crippen LogP contribution in [0.15, 0.2) is 12.2 Å².